The molecule has 1 aromatic rings. The summed E-state index contributed by atoms with van der Waals surface area (Å²) in [6.07, 6.45) is 7.94. The summed E-state index contributed by atoms with van der Waals surface area (Å²) < 4.78 is 5.60. The van der Waals surface area contributed by atoms with Gasteiger partial charge in [0.05, 0.1) is 11.7 Å². The van der Waals surface area contributed by atoms with Gasteiger partial charge in [-0.15, -0.1) is 0 Å². The minimum Gasteiger partial charge on any atom is -0.444 e. The summed E-state index contributed by atoms with van der Waals surface area (Å²) in [6, 6.07) is 6.36. The molecule has 1 fully saturated rings. The van der Waals surface area contributed by atoms with Gasteiger partial charge >= 0.3 is 6.09 Å². The first-order valence-electron chi connectivity index (χ1n) is 8.07. The first-order chi connectivity index (χ1) is 10.4. The van der Waals surface area contributed by atoms with Gasteiger partial charge in [0.25, 0.3) is 0 Å². The molecule has 2 aliphatic rings. The van der Waals surface area contributed by atoms with Gasteiger partial charge in [0.15, 0.2) is 0 Å². The highest BCUT2D eigenvalue weighted by atomic mass is 16.6. The summed E-state index contributed by atoms with van der Waals surface area (Å²) in [5.41, 5.74) is 1.84. The average molecular weight is 300 g/mol. The van der Waals surface area contributed by atoms with Crippen molar-refractivity contribution in [3.05, 3.63) is 36.2 Å². The van der Waals surface area contributed by atoms with Crippen LogP contribution in [0.3, 0.4) is 0 Å². The molecule has 1 aromatic heterocycles. The Morgan fingerprint density at radius 3 is 2.77 bits per heavy atom. The highest BCUT2D eigenvalue weighted by Gasteiger charge is 2.39. The van der Waals surface area contributed by atoms with Gasteiger partial charge in [0.1, 0.15) is 5.60 Å². The molecule has 118 valence electrons. The van der Waals surface area contributed by atoms with Crippen molar-refractivity contribution in [1.29, 1.82) is 0 Å². The van der Waals surface area contributed by atoms with Crippen LogP contribution in [0.5, 0.6) is 0 Å². The van der Waals surface area contributed by atoms with Crippen molar-refractivity contribution >= 4 is 11.7 Å². The molecular formula is C18H24N2O2. The predicted molar refractivity (Wildman–Crippen MR) is 86.3 cm³/mol. The second kappa shape index (κ2) is 5.75. The summed E-state index contributed by atoms with van der Waals surface area (Å²) in [5.74, 6) is 0. The number of rotatable bonds is 1. The minimum atomic E-state index is -0.448. The Bertz CT molecular complexity index is 574. The van der Waals surface area contributed by atoms with Crippen LogP contribution in [0, 0.1) is 0 Å². The number of carbonyl (C=O) groups is 1. The van der Waals surface area contributed by atoms with Gasteiger partial charge in [-0.1, -0.05) is 12.1 Å². The van der Waals surface area contributed by atoms with E-state index in [1.165, 1.54) is 12.0 Å². The third-order valence-corrected chi connectivity index (χ3v) is 4.24. The quantitative estimate of drug-likeness (QED) is 0.786. The zero-order chi connectivity index (χ0) is 15.7. The van der Waals surface area contributed by atoms with Crippen LogP contribution in [0.4, 0.5) is 4.79 Å². The number of aromatic nitrogens is 1. The zero-order valence-electron chi connectivity index (χ0n) is 13.6. The number of amides is 1. The van der Waals surface area contributed by atoms with Gasteiger partial charge in [0.2, 0.25) is 0 Å². The van der Waals surface area contributed by atoms with Crippen LogP contribution >= 0.6 is 0 Å². The Morgan fingerprint density at radius 1 is 1.32 bits per heavy atom. The zero-order valence-corrected chi connectivity index (χ0v) is 13.6. The molecule has 1 amide bonds. The number of pyridine rings is 1. The van der Waals surface area contributed by atoms with Crippen LogP contribution in [0.15, 0.2) is 30.5 Å². The van der Waals surface area contributed by atoms with Crippen molar-refractivity contribution in [3.8, 4) is 0 Å². The van der Waals surface area contributed by atoms with Crippen LogP contribution in [0.25, 0.3) is 5.57 Å². The molecular weight excluding hydrogens is 276 g/mol. The van der Waals surface area contributed by atoms with Gasteiger partial charge in [0, 0.05) is 12.2 Å². The summed E-state index contributed by atoms with van der Waals surface area (Å²) >= 11 is 0. The number of piperidine rings is 1. The smallest absolute Gasteiger partial charge is 0.411 e. The summed E-state index contributed by atoms with van der Waals surface area (Å²) in [7, 11) is 0. The van der Waals surface area contributed by atoms with E-state index >= 15 is 0 Å². The van der Waals surface area contributed by atoms with Crippen molar-refractivity contribution in [1.82, 2.24) is 9.88 Å². The lowest BCUT2D eigenvalue weighted by Crippen LogP contribution is -2.53. The highest BCUT2D eigenvalue weighted by molar-refractivity contribution is 5.73. The minimum absolute atomic E-state index is 0.138. The molecule has 2 unspecified atom stereocenters. The molecule has 2 aliphatic heterocycles. The van der Waals surface area contributed by atoms with Crippen molar-refractivity contribution in [2.24, 2.45) is 0 Å². The second-order valence-electron chi connectivity index (χ2n) is 7.15. The molecule has 0 saturated carbocycles. The first-order valence-corrected chi connectivity index (χ1v) is 8.07. The van der Waals surface area contributed by atoms with Gasteiger partial charge in [-0.05, 0) is 64.2 Å². The molecule has 0 aliphatic carbocycles. The Kier molecular flexibility index (Phi) is 3.94. The predicted octanol–water partition coefficient (Wildman–Crippen LogP) is 4.03. The molecule has 2 atom stereocenters. The van der Waals surface area contributed by atoms with Gasteiger partial charge in [-0.3, -0.25) is 9.88 Å². The molecule has 4 nitrogen and oxygen atoms in total. The molecule has 0 N–H and O–H groups in total. The van der Waals surface area contributed by atoms with Gasteiger partial charge < -0.3 is 4.74 Å². The fourth-order valence-electron chi connectivity index (χ4n) is 3.37. The number of nitrogens with zero attached hydrogens (tertiary/aromatic N) is 2. The molecule has 3 rings (SSSR count). The lowest BCUT2D eigenvalue weighted by atomic mass is 9.84. The summed E-state index contributed by atoms with van der Waals surface area (Å²) in [5, 5.41) is 0. The van der Waals surface area contributed by atoms with Crippen LogP contribution in [-0.2, 0) is 4.74 Å². The van der Waals surface area contributed by atoms with E-state index in [4.69, 9.17) is 4.74 Å². The van der Waals surface area contributed by atoms with E-state index < -0.39 is 5.60 Å². The SMILES string of the molecule is CC(C)(C)OC(=O)N1C2C=C(c3ccccn3)CC1CCC2. The third-order valence-electron chi connectivity index (χ3n) is 4.24. The normalized spacial score (nSPS) is 24.7. The maximum absolute atomic E-state index is 12.5. The number of ether oxygens (including phenoxy) is 1. The Hall–Kier alpha value is -1.84. The van der Waals surface area contributed by atoms with Crippen LogP contribution < -0.4 is 0 Å². The van der Waals surface area contributed by atoms with E-state index in [2.05, 4.69) is 11.1 Å². The topological polar surface area (TPSA) is 42.4 Å². The van der Waals surface area contributed by atoms with Crippen LogP contribution in [0.1, 0.15) is 52.1 Å². The molecule has 0 aromatic carbocycles. The Morgan fingerprint density at radius 2 is 2.14 bits per heavy atom. The van der Waals surface area contributed by atoms with E-state index in [1.54, 1.807) is 0 Å². The molecule has 3 heterocycles. The van der Waals surface area contributed by atoms with Crippen molar-refractivity contribution < 1.29 is 9.53 Å². The van der Waals surface area contributed by atoms with Crippen molar-refractivity contribution in [2.45, 2.75) is 64.1 Å². The maximum atomic E-state index is 12.5. The maximum Gasteiger partial charge on any atom is 0.411 e. The second-order valence-corrected chi connectivity index (χ2v) is 7.15. The number of hydrogen-bond donors (Lipinski definition) is 0. The average Bonchev–Trinajstić information content (AvgIpc) is 2.45. The lowest BCUT2D eigenvalue weighted by Gasteiger charge is -2.45. The monoisotopic (exact) mass is 300 g/mol. The molecule has 2 bridgehead atoms. The lowest BCUT2D eigenvalue weighted by molar-refractivity contribution is 0.0000674. The third kappa shape index (κ3) is 3.16. The largest absolute Gasteiger partial charge is 0.444 e. The number of fused-ring (bicyclic) bond motifs is 2. The number of carbonyl (C=O) groups excluding carboxylic acids is 1. The fourth-order valence-corrected chi connectivity index (χ4v) is 3.37. The van der Waals surface area contributed by atoms with Crippen molar-refractivity contribution in [3.63, 3.8) is 0 Å². The van der Waals surface area contributed by atoms with E-state index in [0.717, 1.165) is 25.0 Å². The summed E-state index contributed by atoms with van der Waals surface area (Å²) in [4.78, 5) is 18.9. The van der Waals surface area contributed by atoms with E-state index in [0.29, 0.717) is 0 Å². The molecule has 1 saturated heterocycles. The van der Waals surface area contributed by atoms with Crippen LogP contribution in [-0.4, -0.2) is 33.7 Å². The van der Waals surface area contributed by atoms with Crippen molar-refractivity contribution in [2.75, 3.05) is 0 Å². The summed E-state index contributed by atoms with van der Waals surface area (Å²) in [6.45, 7) is 5.75. The molecule has 0 spiro atoms. The highest BCUT2D eigenvalue weighted by Crippen LogP contribution is 2.37. The van der Waals surface area contributed by atoms with Gasteiger partial charge in [-0.25, -0.2) is 4.79 Å². The first kappa shape index (κ1) is 15.1. The van der Waals surface area contributed by atoms with Gasteiger partial charge in [-0.2, -0.15) is 0 Å². The van der Waals surface area contributed by atoms with Crippen LogP contribution in [0.2, 0.25) is 0 Å². The van der Waals surface area contributed by atoms with E-state index in [-0.39, 0.29) is 18.2 Å². The van der Waals surface area contributed by atoms with E-state index in [9.17, 15) is 4.79 Å². The number of hydrogen-bond acceptors (Lipinski definition) is 3. The Balaban J connectivity index is 1.84. The Labute approximate surface area is 132 Å². The molecule has 0 radical (unpaired) electrons. The standard InChI is InChI=1S/C18H24N2O2/c1-18(2,3)22-17(21)20-14-7-6-8-15(20)12-13(11-14)16-9-4-5-10-19-16/h4-5,9-11,14-15H,6-8,12H2,1-3H3. The molecule has 4 heteroatoms. The van der Waals surface area contributed by atoms with E-state index in [1.807, 2.05) is 50.1 Å². The fraction of sp³-hybridized carbons (Fsp3) is 0.556. The molecule has 22 heavy (non-hydrogen) atoms.